The zero-order chi connectivity index (χ0) is 21.4. The van der Waals surface area contributed by atoms with E-state index in [0.29, 0.717) is 22.8 Å². The van der Waals surface area contributed by atoms with Crippen molar-refractivity contribution in [3.05, 3.63) is 42.0 Å². The first kappa shape index (κ1) is 21.8. The van der Waals surface area contributed by atoms with Crippen molar-refractivity contribution in [3.63, 3.8) is 0 Å². The van der Waals surface area contributed by atoms with Gasteiger partial charge < -0.3 is 24.7 Å². The number of carbonyl (C=O) groups excluding carboxylic acids is 1. The van der Waals surface area contributed by atoms with Crippen molar-refractivity contribution in [1.29, 1.82) is 0 Å². The van der Waals surface area contributed by atoms with E-state index in [-0.39, 0.29) is 17.3 Å². The Hall–Kier alpha value is -3.47. The lowest BCUT2D eigenvalue weighted by atomic mass is 10.2. The second-order valence-corrected chi connectivity index (χ2v) is 7.16. The molecule has 11 heteroatoms. The molecular formula is C18H21N3O7S. The predicted molar refractivity (Wildman–Crippen MR) is 105 cm³/mol. The third-order valence-corrected chi connectivity index (χ3v) is 4.87. The number of hydrazone groups is 1. The lowest BCUT2D eigenvalue weighted by molar-refractivity contribution is -0.119. The van der Waals surface area contributed by atoms with Gasteiger partial charge in [-0.2, -0.15) is 18.4 Å². The quantitative estimate of drug-likeness (QED) is 0.427. The number of nitrogens with zero attached hydrogens (tertiary/aromatic N) is 1. The molecule has 0 fully saturated rings. The molecule has 0 aliphatic rings. The van der Waals surface area contributed by atoms with Crippen LogP contribution in [0, 0.1) is 0 Å². The van der Waals surface area contributed by atoms with Crippen LogP contribution < -0.4 is 29.5 Å². The maximum Gasteiger partial charge on any atom is 0.280 e. The van der Waals surface area contributed by atoms with Gasteiger partial charge in [0.15, 0.2) is 18.1 Å². The Morgan fingerprint density at radius 3 is 2.38 bits per heavy atom. The molecular weight excluding hydrogens is 402 g/mol. The standard InChI is InChI=1S/C18H21N3O7S/c1-25-13-5-7-17(16(9-13)27-3)29(23,24)21-20-10-12-4-6-14(15(8-12)26-2)28-11-18(19)22/h4-10,21H,11H2,1-3H3,(H2,19,22)/b20-10-. The van der Waals surface area contributed by atoms with Crippen LogP contribution in [0.2, 0.25) is 0 Å². The minimum absolute atomic E-state index is 0.0919. The number of primary amides is 1. The summed E-state index contributed by atoms with van der Waals surface area (Å²) in [6.45, 7) is -0.298. The number of rotatable bonds is 10. The fourth-order valence-corrected chi connectivity index (χ4v) is 3.19. The summed E-state index contributed by atoms with van der Waals surface area (Å²) in [5, 5.41) is 3.77. The van der Waals surface area contributed by atoms with Gasteiger partial charge in [0.25, 0.3) is 15.9 Å². The number of sulfonamides is 1. The molecule has 2 aromatic rings. The minimum Gasteiger partial charge on any atom is -0.497 e. The molecule has 0 bridgehead atoms. The summed E-state index contributed by atoms with van der Waals surface area (Å²) in [4.78, 5) is 12.9. The molecule has 10 nitrogen and oxygen atoms in total. The molecule has 0 aliphatic heterocycles. The van der Waals surface area contributed by atoms with Crippen LogP contribution in [-0.2, 0) is 14.8 Å². The lowest BCUT2D eigenvalue weighted by Gasteiger charge is -2.11. The molecule has 0 saturated carbocycles. The second kappa shape index (κ2) is 9.64. The number of ether oxygens (including phenoxy) is 4. The smallest absolute Gasteiger partial charge is 0.280 e. The maximum absolute atomic E-state index is 12.5. The molecule has 2 aromatic carbocycles. The number of benzene rings is 2. The monoisotopic (exact) mass is 423 g/mol. The summed E-state index contributed by atoms with van der Waals surface area (Å²) in [5.41, 5.74) is 5.57. The number of carbonyl (C=O) groups is 1. The molecule has 0 heterocycles. The molecule has 3 N–H and O–H groups in total. The van der Waals surface area contributed by atoms with E-state index < -0.39 is 15.9 Å². The van der Waals surface area contributed by atoms with Gasteiger partial charge in [-0.25, -0.2) is 0 Å². The summed E-state index contributed by atoms with van der Waals surface area (Å²) in [6.07, 6.45) is 1.29. The van der Waals surface area contributed by atoms with Crippen molar-refractivity contribution < 1.29 is 32.2 Å². The molecule has 0 atom stereocenters. The van der Waals surface area contributed by atoms with Gasteiger partial charge in [-0.1, -0.05) is 0 Å². The zero-order valence-corrected chi connectivity index (χ0v) is 16.9. The Morgan fingerprint density at radius 1 is 1.03 bits per heavy atom. The average molecular weight is 423 g/mol. The van der Waals surface area contributed by atoms with E-state index in [9.17, 15) is 13.2 Å². The van der Waals surface area contributed by atoms with Crippen molar-refractivity contribution in [2.24, 2.45) is 10.8 Å². The molecule has 1 amide bonds. The normalized spacial score (nSPS) is 11.1. The summed E-state index contributed by atoms with van der Waals surface area (Å²) in [7, 11) is 0.261. The van der Waals surface area contributed by atoms with E-state index in [1.165, 1.54) is 45.7 Å². The number of methoxy groups -OCH3 is 3. The number of nitrogens with one attached hydrogen (secondary N) is 1. The first-order chi connectivity index (χ1) is 13.8. The highest BCUT2D eigenvalue weighted by Crippen LogP contribution is 2.29. The van der Waals surface area contributed by atoms with Gasteiger partial charge in [0.2, 0.25) is 0 Å². The van der Waals surface area contributed by atoms with Crippen LogP contribution in [0.4, 0.5) is 0 Å². The van der Waals surface area contributed by atoms with Crippen molar-refractivity contribution in [2.75, 3.05) is 27.9 Å². The number of hydrogen-bond donors (Lipinski definition) is 2. The SMILES string of the molecule is COc1ccc(S(=O)(=O)N/N=C\c2ccc(OCC(N)=O)c(OC)c2)c(OC)c1. The van der Waals surface area contributed by atoms with Crippen LogP contribution in [0.15, 0.2) is 46.4 Å². The van der Waals surface area contributed by atoms with Gasteiger partial charge >= 0.3 is 0 Å². The number of nitrogens with two attached hydrogens (primary N) is 1. The Balaban J connectivity index is 2.17. The van der Waals surface area contributed by atoms with Gasteiger partial charge in [-0.15, -0.1) is 0 Å². The van der Waals surface area contributed by atoms with Crippen LogP contribution in [0.3, 0.4) is 0 Å². The Bertz CT molecular complexity index is 1010. The van der Waals surface area contributed by atoms with Gasteiger partial charge in [0.1, 0.15) is 16.4 Å². The van der Waals surface area contributed by atoms with E-state index in [1.54, 1.807) is 18.2 Å². The highest BCUT2D eigenvalue weighted by molar-refractivity contribution is 7.89. The first-order valence-electron chi connectivity index (χ1n) is 8.16. The highest BCUT2D eigenvalue weighted by atomic mass is 32.2. The largest absolute Gasteiger partial charge is 0.497 e. The molecule has 0 saturated heterocycles. The van der Waals surface area contributed by atoms with Crippen molar-refractivity contribution in [3.8, 4) is 23.0 Å². The van der Waals surface area contributed by atoms with E-state index in [0.717, 1.165) is 0 Å². The summed E-state index contributed by atoms with van der Waals surface area (Å²) in [6, 6.07) is 9.00. The summed E-state index contributed by atoms with van der Waals surface area (Å²) >= 11 is 0. The first-order valence-corrected chi connectivity index (χ1v) is 9.65. The lowest BCUT2D eigenvalue weighted by Crippen LogP contribution is -2.20. The Labute approximate surface area is 168 Å². The van der Waals surface area contributed by atoms with E-state index in [2.05, 4.69) is 9.93 Å². The number of hydrogen-bond acceptors (Lipinski definition) is 8. The fraction of sp³-hybridized carbons (Fsp3) is 0.222. The van der Waals surface area contributed by atoms with Crippen LogP contribution in [0.5, 0.6) is 23.0 Å². The van der Waals surface area contributed by atoms with Crippen molar-refractivity contribution in [1.82, 2.24) is 4.83 Å². The molecule has 0 unspecified atom stereocenters. The van der Waals surface area contributed by atoms with E-state index in [1.807, 2.05) is 0 Å². The average Bonchev–Trinajstić information content (AvgIpc) is 2.71. The fourth-order valence-electron chi connectivity index (χ4n) is 2.25. The molecule has 2 rings (SSSR count). The van der Waals surface area contributed by atoms with Crippen LogP contribution >= 0.6 is 0 Å². The van der Waals surface area contributed by atoms with Crippen LogP contribution in [-0.4, -0.2) is 48.5 Å². The minimum atomic E-state index is -3.98. The van der Waals surface area contributed by atoms with Gasteiger partial charge in [-0.3, -0.25) is 4.79 Å². The van der Waals surface area contributed by atoms with Crippen molar-refractivity contribution in [2.45, 2.75) is 4.90 Å². The van der Waals surface area contributed by atoms with E-state index >= 15 is 0 Å². The summed E-state index contributed by atoms with van der Waals surface area (Å²) in [5.74, 6) is 0.586. The summed E-state index contributed by atoms with van der Waals surface area (Å²) < 4.78 is 45.6. The van der Waals surface area contributed by atoms with Crippen LogP contribution in [0.25, 0.3) is 0 Å². The molecule has 0 aliphatic carbocycles. The molecule has 0 radical (unpaired) electrons. The Kier molecular flexibility index (Phi) is 7.26. The third-order valence-electron chi connectivity index (χ3n) is 3.60. The van der Waals surface area contributed by atoms with Gasteiger partial charge in [0, 0.05) is 6.07 Å². The van der Waals surface area contributed by atoms with Gasteiger partial charge in [0.05, 0.1) is 27.5 Å². The topological polar surface area (TPSA) is 139 Å². The number of amides is 1. The van der Waals surface area contributed by atoms with Gasteiger partial charge in [-0.05, 0) is 35.9 Å². The van der Waals surface area contributed by atoms with Crippen LogP contribution in [0.1, 0.15) is 5.56 Å². The molecule has 156 valence electrons. The predicted octanol–water partition coefficient (Wildman–Crippen LogP) is 0.889. The molecule has 29 heavy (non-hydrogen) atoms. The molecule has 0 aromatic heterocycles. The third kappa shape index (κ3) is 5.75. The highest BCUT2D eigenvalue weighted by Gasteiger charge is 2.19. The van der Waals surface area contributed by atoms with Crippen molar-refractivity contribution >= 4 is 22.1 Å². The zero-order valence-electron chi connectivity index (χ0n) is 16.0. The van der Waals surface area contributed by atoms with E-state index in [4.69, 9.17) is 24.7 Å². The second-order valence-electron chi connectivity index (χ2n) is 5.53. The maximum atomic E-state index is 12.5. The Morgan fingerprint density at radius 2 is 1.76 bits per heavy atom. The molecule has 0 spiro atoms.